The molecule has 1 heterocycles. The van der Waals surface area contributed by atoms with Gasteiger partial charge in [-0.2, -0.15) is 0 Å². The number of amides is 1. The molecule has 0 unspecified atom stereocenters. The number of hydrogen-bond acceptors (Lipinski definition) is 3. The Bertz CT molecular complexity index is 913. The van der Waals surface area contributed by atoms with E-state index in [1.54, 1.807) is 18.2 Å². The van der Waals surface area contributed by atoms with Crippen molar-refractivity contribution in [3.8, 4) is 0 Å². The van der Waals surface area contributed by atoms with E-state index in [2.05, 4.69) is 5.32 Å². The first kappa shape index (κ1) is 17.1. The smallest absolute Gasteiger partial charge is 0.308 e. The van der Waals surface area contributed by atoms with Crippen LogP contribution in [-0.2, 0) is 18.9 Å². The second kappa shape index (κ2) is 6.85. The summed E-state index contributed by atoms with van der Waals surface area (Å²) < 4.78 is 2.12. The molecular weight excluding hydrogens is 341 g/mol. The van der Waals surface area contributed by atoms with E-state index in [4.69, 9.17) is 23.2 Å². The van der Waals surface area contributed by atoms with E-state index in [-0.39, 0.29) is 5.82 Å². The van der Waals surface area contributed by atoms with Crippen LogP contribution >= 0.6 is 23.2 Å². The van der Waals surface area contributed by atoms with E-state index in [1.807, 2.05) is 0 Å². The molecule has 0 saturated heterocycles. The van der Waals surface area contributed by atoms with Crippen molar-refractivity contribution in [2.75, 3.05) is 5.32 Å². The Balaban J connectivity index is 2.20. The summed E-state index contributed by atoms with van der Waals surface area (Å²) in [6.07, 6.45) is 2.80. The fourth-order valence-electron chi connectivity index (χ4n) is 1.81. The Morgan fingerprint density at radius 2 is 1.78 bits per heavy atom. The van der Waals surface area contributed by atoms with E-state index < -0.39 is 17.2 Å². The van der Waals surface area contributed by atoms with Crippen LogP contribution in [0.2, 0.25) is 10.0 Å². The van der Waals surface area contributed by atoms with Gasteiger partial charge in [0.2, 0.25) is 5.91 Å². The fourth-order valence-corrected chi connectivity index (χ4v) is 2.12. The van der Waals surface area contributed by atoms with Crippen LogP contribution in [0.15, 0.2) is 39.9 Å². The number of carbonyl (C=O) groups excluding carboxylic acids is 1. The minimum absolute atomic E-state index is 0.113. The van der Waals surface area contributed by atoms with Crippen LogP contribution in [0, 0.1) is 0 Å². The number of hydrogen-bond donors (Lipinski definition) is 1. The molecular formula is C15H13Cl2N3O3. The van der Waals surface area contributed by atoms with Gasteiger partial charge in [0, 0.05) is 26.2 Å². The van der Waals surface area contributed by atoms with Gasteiger partial charge in [-0.1, -0.05) is 29.3 Å². The maximum atomic E-state index is 11.9. The summed E-state index contributed by atoms with van der Waals surface area (Å²) in [6, 6.07) is 6.10. The monoisotopic (exact) mass is 353 g/mol. The van der Waals surface area contributed by atoms with E-state index >= 15 is 0 Å². The molecule has 8 heteroatoms. The van der Waals surface area contributed by atoms with Gasteiger partial charge >= 0.3 is 5.69 Å². The van der Waals surface area contributed by atoms with Crippen molar-refractivity contribution < 1.29 is 4.79 Å². The van der Waals surface area contributed by atoms with Gasteiger partial charge in [-0.25, -0.2) is 4.79 Å². The fraction of sp³-hybridized carbons (Fsp3) is 0.133. The van der Waals surface area contributed by atoms with Gasteiger partial charge in [-0.05, 0) is 23.8 Å². The highest BCUT2D eigenvalue weighted by atomic mass is 35.5. The predicted molar refractivity (Wildman–Crippen MR) is 91.0 cm³/mol. The van der Waals surface area contributed by atoms with Crippen LogP contribution < -0.4 is 16.6 Å². The van der Waals surface area contributed by atoms with Crippen LogP contribution in [0.3, 0.4) is 0 Å². The summed E-state index contributed by atoms with van der Waals surface area (Å²) >= 11 is 11.7. The molecule has 0 aliphatic heterocycles. The molecule has 2 aromatic rings. The lowest BCUT2D eigenvalue weighted by atomic mass is 10.2. The molecule has 6 nitrogen and oxygen atoms in total. The third-order valence-electron chi connectivity index (χ3n) is 3.15. The minimum atomic E-state index is -0.527. The summed E-state index contributed by atoms with van der Waals surface area (Å²) in [6.45, 7) is 0. The Kier molecular flexibility index (Phi) is 5.08. The number of anilines is 1. The average molecular weight is 354 g/mol. The summed E-state index contributed by atoms with van der Waals surface area (Å²) in [5, 5.41) is 3.28. The first-order valence-electron chi connectivity index (χ1n) is 6.51. The summed E-state index contributed by atoms with van der Waals surface area (Å²) in [7, 11) is 2.82. The van der Waals surface area contributed by atoms with Crippen molar-refractivity contribution in [3.63, 3.8) is 0 Å². The molecule has 0 aliphatic rings. The van der Waals surface area contributed by atoms with Crippen molar-refractivity contribution in [1.82, 2.24) is 9.13 Å². The minimum Gasteiger partial charge on any atom is -0.308 e. The zero-order valence-corrected chi connectivity index (χ0v) is 13.9. The summed E-state index contributed by atoms with van der Waals surface area (Å²) in [4.78, 5) is 35.3. The third kappa shape index (κ3) is 3.91. The van der Waals surface area contributed by atoms with Crippen molar-refractivity contribution in [2.24, 2.45) is 14.1 Å². The number of nitrogens with one attached hydrogen (secondary N) is 1. The quantitative estimate of drug-likeness (QED) is 0.858. The maximum absolute atomic E-state index is 11.9. The first-order valence-corrected chi connectivity index (χ1v) is 7.26. The van der Waals surface area contributed by atoms with Crippen molar-refractivity contribution in [3.05, 3.63) is 66.8 Å². The molecule has 0 fully saturated rings. The highest BCUT2D eigenvalue weighted by Gasteiger charge is 2.07. The molecule has 2 rings (SSSR count). The van der Waals surface area contributed by atoms with E-state index in [1.165, 1.54) is 36.9 Å². The van der Waals surface area contributed by atoms with Gasteiger partial charge in [-0.15, -0.1) is 0 Å². The lowest BCUT2D eigenvalue weighted by molar-refractivity contribution is -0.111. The molecule has 0 bridgehead atoms. The molecule has 0 saturated carbocycles. The maximum Gasteiger partial charge on any atom is 0.332 e. The van der Waals surface area contributed by atoms with Gasteiger partial charge in [0.05, 0.1) is 10.0 Å². The van der Waals surface area contributed by atoms with Crippen molar-refractivity contribution >= 4 is 41.0 Å². The van der Waals surface area contributed by atoms with Crippen LogP contribution in [0.25, 0.3) is 6.08 Å². The van der Waals surface area contributed by atoms with Crippen LogP contribution in [0.5, 0.6) is 0 Å². The Hall–Kier alpha value is -2.31. The lowest BCUT2D eigenvalue weighted by Crippen LogP contribution is -2.37. The zero-order chi connectivity index (χ0) is 17.1. The van der Waals surface area contributed by atoms with Crippen LogP contribution in [0.1, 0.15) is 5.56 Å². The van der Waals surface area contributed by atoms with Gasteiger partial charge < -0.3 is 5.32 Å². The largest absolute Gasteiger partial charge is 0.332 e. The number of halogens is 2. The van der Waals surface area contributed by atoms with Crippen LogP contribution in [0.4, 0.5) is 5.82 Å². The van der Waals surface area contributed by atoms with E-state index in [0.717, 1.165) is 4.57 Å². The Labute approximate surface area is 141 Å². The molecule has 1 aromatic carbocycles. The zero-order valence-electron chi connectivity index (χ0n) is 12.3. The number of benzene rings is 1. The van der Waals surface area contributed by atoms with Crippen molar-refractivity contribution in [1.29, 1.82) is 0 Å². The lowest BCUT2D eigenvalue weighted by Gasteiger charge is -2.09. The second-order valence-corrected chi connectivity index (χ2v) is 5.58. The molecule has 0 aliphatic carbocycles. The van der Waals surface area contributed by atoms with E-state index in [9.17, 15) is 14.4 Å². The number of carbonyl (C=O) groups is 1. The third-order valence-corrected chi connectivity index (χ3v) is 3.89. The predicted octanol–water partition coefficient (Wildman–Crippen LogP) is 2.04. The van der Waals surface area contributed by atoms with Gasteiger partial charge in [0.1, 0.15) is 5.82 Å². The highest BCUT2D eigenvalue weighted by Crippen LogP contribution is 2.23. The Morgan fingerprint density at radius 3 is 2.43 bits per heavy atom. The normalized spacial score (nSPS) is 11.0. The Morgan fingerprint density at radius 1 is 1.09 bits per heavy atom. The molecule has 1 N–H and O–H groups in total. The topological polar surface area (TPSA) is 73.1 Å². The second-order valence-electron chi connectivity index (χ2n) is 4.76. The summed E-state index contributed by atoms with van der Waals surface area (Å²) in [5.41, 5.74) is -0.342. The molecule has 1 aromatic heterocycles. The van der Waals surface area contributed by atoms with Crippen LogP contribution in [-0.4, -0.2) is 15.0 Å². The molecule has 0 spiro atoms. The van der Waals surface area contributed by atoms with Gasteiger partial charge in [0.15, 0.2) is 0 Å². The molecule has 1 amide bonds. The highest BCUT2D eigenvalue weighted by molar-refractivity contribution is 6.42. The molecule has 23 heavy (non-hydrogen) atoms. The first-order chi connectivity index (χ1) is 10.8. The SMILES string of the molecule is Cn1c(NC(=O)/C=C/c2ccc(Cl)c(Cl)c2)cc(=O)n(C)c1=O. The van der Waals surface area contributed by atoms with E-state index in [0.29, 0.717) is 15.6 Å². The standard InChI is InChI=1S/C15H13Cl2N3O3/c1-19-12(8-14(22)20(2)15(19)23)18-13(21)6-4-9-3-5-10(16)11(17)7-9/h3-8H,1-2H3,(H,18,21)/b6-4+. The number of nitrogens with zero attached hydrogens (tertiary/aromatic N) is 2. The van der Waals surface area contributed by atoms with Gasteiger partial charge in [0.25, 0.3) is 5.56 Å². The number of rotatable bonds is 3. The van der Waals surface area contributed by atoms with Gasteiger partial charge in [-0.3, -0.25) is 18.7 Å². The molecule has 0 radical (unpaired) electrons. The molecule has 120 valence electrons. The summed E-state index contributed by atoms with van der Waals surface area (Å²) in [5.74, 6) is -0.374. The van der Waals surface area contributed by atoms with Crippen molar-refractivity contribution in [2.45, 2.75) is 0 Å². The average Bonchev–Trinajstić information content (AvgIpc) is 2.51. The number of aromatic nitrogens is 2. The molecule has 0 atom stereocenters.